The Morgan fingerprint density at radius 2 is 1.91 bits per heavy atom. The van der Waals surface area contributed by atoms with Crippen LogP contribution in [0.4, 0.5) is 5.69 Å². The Hall–Kier alpha value is -1.35. The van der Waals surface area contributed by atoms with Gasteiger partial charge >= 0.3 is 0 Å². The fourth-order valence-corrected chi connectivity index (χ4v) is 6.01. The third kappa shape index (κ3) is 2.80. The van der Waals surface area contributed by atoms with E-state index in [-0.39, 0.29) is 11.3 Å². The second-order valence-electron chi connectivity index (χ2n) is 8.73. The van der Waals surface area contributed by atoms with Crippen LogP contribution in [0.2, 0.25) is 0 Å². The topological polar surface area (TPSA) is 49.3 Å². The summed E-state index contributed by atoms with van der Waals surface area (Å²) in [6.45, 7) is 4.08. The summed E-state index contributed by atoms with van der Waals surface area (Å²) in [6, 6.07) is 6.17. The highest BCUT2D eigenvalue weighted by molar-refractivity contribution is 5.92. The average molecular weight is 313 g/mol. The predicted octanol–water partition coefficient (Wildman–Crippen LogP) is 3.96. The van der Waals surface area contributed by atoms with Gasteiger partial charge in [-0.1, -0.05) is 12.1 Å². The van der Waals surface area contributed by atoms with Crippen molar-refractivity contribution in [1.82, 2.24) is 0 Å². The van der Waals surface area contributed by atoms with E-state index in [2.05, 4.69) is 17.4 Å². The zero-order valence-corrected chi connectivity index (χ0v) is 14.2. The minimum Gasteiger partial charge on any atom is -0.390 e. The summed E-state index contributed by atoms with van der Waals surface area (Å²) in [5.41, 5.74) is 2.76. The highest BCUT2D eigenvalue weighted by Gasteiger charge is 2.57. The molecule has 0 aromatic heterocycles. The Morgan fingerprint density at radius 1 is 1.22 bits per heavy atom. The smallest absolute Gasteiger partial charge is 0.224 e. The lowest BCUT2D eigenvalue weighted by Gasteiger charge is -2.60. The lowest BCUT2D eigenvalue weighted by Crippen LogP contribution is -2.56. The standard InChI is InChI=1S/C20H27NO2/c1-13-3-4-14(2)17(5-13)21-18(22)11-19-7-15-6-16(8-19)10-20(23,9-15)12-19/h3-5,15-16,23H,6-12H2,1-2H3,(H,21,22)/t15-,16+,19?,20?. The van der Waals surface area contributed by atoms with Crippen LogP contribution in [0.5, 0.6) is 0 Å². The van der Waals surface area contributed by atoms with Gasteiger partial charge in [0.2, 0.25) is 5.91 Å². The number of nitrogens with one attached hydrogen (secondary N) is 1. The molecular weight excluding hydrogens is 286 g/mol. The van der Waals surface area contributed by atoms with Crippen LogP contribution in [0.15, 0.2) is 18.2 Å². The molecule has 23 heavy (non-hydrogen) atoms. The SMILES string of the molecule is Cc1ccc(C)c(NC(=O)CC23C[C@@H]4C[C@@H](CC(O)(C4)C2)C3)c1. The van der Waals surface area contributed by atoms with Gasteiger partial charge in [0.15, 0.2) is 0 Å². The number of carbonyl (C=O) groups excluding carboxylic acids is 1. The number of carbonyl (C=O) groups is 1. The fourth-order valence-electron chi connectivity index (χ4n) is 6.01. The molecule has 4 aliphatic carbocycles. The van der Waals surface area contributed by atoms with E-state index in [0.29, 0.717) is 18.3 Å². The number of hydrogen-bond donors (Lipinski definition) is 2. The zero-order chi connectivity index (χ0) is 16.2. The molecule has 3 nitrogen and oxygen atoms in total. The second kappa shape index (κ2) is 5.07. The van der Waals surface area contributed by atoms with E-state index < -0.39 is 5.60 Å². The summed E-state index contributed by atoms with van der Waals surface area (Å²) < 4.78 is 0. The molecule has 0 radical (unpaired) electrons. The van der Waals surface area contributed by atoms with Crippen molar-refractivity contribution >= 4 is 11.6 Å². The van der Waals surface area contributed by atoms with Crippen LogP contribution in [-0.4, -0.2) is 16.6 Å². The van der Waals surface area contributed by atoms with Gasteiger partial charge in [-0.2, -0.15) is 0 Å². The van der Waals surface area contributed by atoms with Crippen molar-refractivity contribution in [3.8, 4) is 0 Å². The molecule has 1 aromatic rings. The van der Waals surface area contributed by atoms with Gasteiger partial charge in [-0.3, -0.25) is 4.79 Å². The lowest BCUT2D eigenvalue weighted by atomic mass is 9.47. The zero-order valence-electron chi connectivity index (χ0n) is 14.2. The van der Waals surface area contributed by atoms with Gasteiger partial charge < -0.3 is 10.4 Å². The first-order valence-electron chi connectivity index (χ1n) is 8.94. The Balaban J connectivity index is 1.49. The van der Waals surface area contributed by atoms with Crippen LogP contribution in [0.1, 0.15) is 56.1 Å². The van der Waals surface area contributed by atoms with Crippen LogP contribution >= 0.6 is 0 Å². The molecule has 4 fully saturated rings. The molecule has 5 rings (SSSR count). The largest absolute Gasteiger partial charge is 0.390 e. The van der Waals surface area contributed by atoms with Crippen molar-refractivity contribution in [2.24, 2.45) is 17.3 Å². The number of aryl methyl sites for hydroxylation is 2. The Bertz CT molecular complexity index is 637. The van der Waals surface area contributed by atoms with E-state index in [4.69, 9.17) is 0 Å². The molecule has 4 aliphatic rings. The van der Waals surface area contributed by atoms with E-state index in [9.17, 15) is 9.90 Å². The van der Waals surface area contributed by atoms with Crippen molar-refractivity contribution < 1.29 is 9.90 Å². The van der Waals surface area contributed by atoms with Crippen molar-refractivity contribution in [2.45, 2.75) is 64.4 Å². The van der Waals surface area contributed by atoms with Crippen LogP contribution in [-0.2, 0) is 4.79 Å². The second-order valence-corrected chi connectivity index (χ2v) is 8.73. The van der Waals surface area contributed by atoms with Crippen molar-refractivity contribution in [3.63, 3.8) is 0 Å². The monoisotopic (exact) mass is 313 g/mol. The van der Waals surface area contributed by atoms with E-state index in [1.165, 1.54) is 6.42 Å². The minimum atomic E-state index is -0.483. The maximum Gasteiger partial charge on any atom is 0.224 e. The minimum absolute atomic E-state index is 0.0423. The Morgan fingerprint density at radius 3 is 2.57 bits per heavy atom. The molecule has 1 aromatic carbocycles. The first kappa shape index (κ1) is 15.2. The number of aliphatic hydroxyl groups is 1. The van der Waals surface area contributed by atoms with Gasteiger partial charge in [0.1, 0.15) is 0 Å². The molecule has 124 valence electrons. The van der Waals surface area contributed by atoms with E-state index in [0.717, 1.165) is 48.9 Å². The molecule has 0 aliphatic heterocycles. The number of hydrogen-bond acceptors (Lipinski definition) is 2. The predicted molar refractivity (Wildman–Crippen MR) is 91.2 cm³/mol. The van der Waals surface area contributed by atoms with Crippen LogP contribution < -0.4 is 5.32 Å². The highest BCUT2D eigenvalue weighted by Crippen LogP contribution is 2.62. The lowest BCUT2D eigenvalue weighted by molar-refractivity contribution is -0.167. The quantitative estimate of drug-likeness (QED) is 0.887. The van der Waals surface area contributed by atoms with Crippen molar-refractivity contribution in [2.75, 3.05) is 5.32 Å². The summed E-state index contributed by atoms with van der Waals surface area (Å²) >= 11 is 0. The molecule has 0 spiro atoms. The van der Waals surface area contributed by atoms with Crippen molar-refractivity contribution in [1.29, 1.82) is 0 Å². The Labute approximate surface area is 138 Å². The normalized spacial score (nSPS) is 37.9. The number of anilines is 1. The summed E-state index contributed by atoms with van der Waals surface area (Å²) in [4.78, 5) is 12.7. The highest BCUT2D eigenvalue weighted by atomic mass is 16.3. The molecule has 4 saturated carbocycles. The molecule has 4 atom stereocenters. The van der Waals surface area contributed by atoms with Gasteiger partial charge in [0.05, 0.1) is 5.60 Å². The van der Waals surface area contributed by atoms with Gasteiger partial charge in [0.25, 0.3) is 0 Å². The van der Waals surface area contributed by atoms with E-state index in [1.807, 2.05) is 19.9 Å². The first-order valence-corrected chi connectivity index (χ1v) is 8.94. The van der Waals surface area contributed by atoms with Gasteiger partial charge in [0, 0.05) is 12.1 Å². The molecule has 0 saturated heterocycles. The third-order valence-electron chi connectivity index (χ3n) is 6.35. The van der Waals surface area contributed by atoms with Crippen LogP contribution in [0, 0.1) is 31.1 Å². The van der Waals surface area contributed by atoms with Gasteiger partial charge in [-0.05, 0) is 86.8 Å². The molecule has 2 unspecified atom stereocenters. The number of rotatable bonds is 3. The number of amides is 1. The Kier molecular flexibility index (Phi) is 3.35. The molecular formula is C20H27NO2. The maximum absolute atomic E-state index is 12.7. The maximum atomic E-state index is 12.7. The van der Waals surface area contributed by atoms with E-state index in [1.54, 1.807) is 0 Å². The summed E-state index contributed by atoms with van der Waals surface area (Å²) in [7, 11) is 0. The van der Waals surface area contributed by atoms with Crippen molar-refractivity contribution in [3.05, 3.63) is 29.3 Å². The third-order valence-corrected chi connectivity index (χ3v) is 6.35. The average Bonchev–Trinajstić information content (AvgIpc) is 2.39. The summed E-state index contributed by atoms with van der Waals surface area (Å²) in [6.07, 6.45) is 6.84. The molecule has 3 heteroatoms. The molecule has 4 bridgehead atoms. The fraction of sp³-hybridized carbons (Fsp3) is 0.650. The van der Waals surface area contributed by atoms with Gasteiger partial charge in [-0.15, -0.1) is 0 Å². The van der Waals surface area contributed by atoms with E-state index >= 15 is 0 Å². The number of benzene rings is 1. The van der Waals surface area contributed by atoms with Crippen LogP contribution in [0.3, 0.4) is 0 Å². The molecule has 1 amide bonds. The summed E-state index contributed by atoms with van der Waals surface area (Å²) in [5, 5.41) is 13.9. The summed E-state index contributed by atoms with van der Waals surface area (Å²) in [5.74, 6) is 1.38. The van der Waals surface area contributed by atoms with Crippen LogP contribution in [0.25, 0.3) is 0 Å². The molecule has 0 heterocycles. The van der Waals surface area contributed by atoms with Gasteiger partial charge in [-0.25, -0.2) is 0 Å². The first-order chi connectivity index (χ1) is 10.8. The molecule has 2 N–H and O–H groups in total.